The molecular formula is C13H15BrN2O4. The number of carbonyl (C=O) groups is 2. The molecule has 0 spiro atoms. The number of anilines is 1. The Balaban J connectivity index is 1.91. The van der Waals surface area contributed by atoms with Crippen molar-refractivity contribution in [1.29, 1.82) is 0 Å². The van der Waals surface area contributed by atoms with Crippen LogP contribution in [0.15, 0.2) is 22.7 Å². The van der Waals surface area contributed by atoms with Crippen LogP contribution >= 0.6 is 15.9 Å². The van der Waals surface area contributed by atoms with Crippen molar-refractivity contribution in [3.8, 4) is 0 Å². The fourth-order valence-electron chi connectivity index (χ4n) is 1.81. The van der Waals surface area contributed by atoms with Crippen LogP contribution in [0.1, 0.15) is 10.4 Å². The standard InChI is InChI=1S/C13H15BrN2O4/c14-11-2-1-9(15)7-10(11)13(18)20-8-12(17)16-3-5-19-6-4-16/h1-2,7H,3-6,8,15H2. The molecule has 1 aromatic rings. The molecule has 108 valence electrons. The second kappa shape index (κ2) is 6.71. The van der Waals surface area contributed by atoms with Gasteiger partial charge in [-0.05, 0) is 34.1 Å². The fourth-order valence-corrected chi connectivity index (χ4v) is 2.22. The van der Waals surface area contributed by atoms with Crippen LogP contribution in [0.3, 0.4) is 0 Å². The molecule has 0 aromatic heterocycles. The summed E-state index contributed by atoms with van der Waals surface area (Å²) < 4.78 is 10.8. The number of rotatable bonds is 3. The van der Waals surface area contributed by atoms with E-state index in [0.29, 0.717) is 42.0 Å². The summed E-state index contributed by atoms with van der Waals surface area (Å²) in [6, 6.07) is 4.83. The second-order valence-corrected chi connectivity index (χ2v) is 5.16. The first kappa shape index (κ1) is 14.8. The maximum atomic E-state index is 11.9. The molecule has 1 aromatic carbocycles. The summed E-state index contributed by atoms with van der Waals surface area (Å²) in [5.74, 6) is -0.799. The van der Waals surface area contributed by atoms with Crippen LogP contribution < -0.4 is 5.73 Å². The van der Waals surface area contributed by atoms with Gasteiger partial charge in [0.2, 0.25) is 0 Å². The smallest absolute Gasteiger partial charge is 0.339 e. The number of esters is 1. The molecule has 1 aliphatic heterocycles. The third-order valence-electron chi connectivity index (χ3n) is 2.90. The zero-order chi connectivity index (χ0) is 14.5. The average Bonchev–Trinajstić information content (AvgIpc) is 2.47. The molecule has 1 fully saturated rings. The first-order chi connectivity index (χ1) is 9.58. The summed E-state index contributed by atoms with van der Waals surface area (Å²) in [5.41, 5.74) is 6.38. The lowest BCUT2D eigenvalue weighted by molar-refractivity contribution is -0.138. The Bertz CT molecular complexity index is 515. The molecule has 1 saturated heterocycles. The number of amides is 1. The SMILES string of the molecule is Nc1ccc(Br)c(C(=O)OCC(=O)N2CCOCC2)c1. The first-order valence-corrected chi connectivity index (χ1v) is 6.95. The third-order valence-corrected chi connectivity index (χ3v) is 3.59. The number of nitrogen functional groups attached to an aromatic ring is 1. The summed E-state index contributed by atoms with van der Waals surface area (Å²) >= 11 is 3.25. The lowest BCUT2D eigenvalue weighted by atomic mass is 10.2. The molecule has 0 radical (unpaired) electrons. The van der Waals surface area contributed by atoms with E-state index in [2.05, 4.69) is 15.9 Å². The van der Waals surface area contributed by atoms with Crippen molar-refractivity contribution in [2.24, 2.45) is 0 Å². The van der Waals surface area contributed by atoms with Crippen molar-refractivity contribution in [3.63, 3.8) is 0 Å². The van der Waals surface area contributed by atoms with Crippen LogP contribution in [0, 0.1) is 0 Å². The van der Waals surface area contributed by atoms with Crippen molar-refractivity contribution in [2.75, 3.05) is 38.6 Å². The van der Waals surface area contributed by atoms with Crippen molar-refractivity contribution < 1.29 is 19.1 Å². The van der Waals surface area contributed by atoms with Gasteiger partial charge in [-0.15, -0.1) is 0 Å². The number of halogens is 1. The summed E-state index contributed by atoms with van der Waals surface area (Å²) in [4.78, 5) is 25.4. The van der Waals surface area contributed by atoms with Gasteiger partial charge in [-0.2, -0.15) is 0 Å². The van der Waals surface area contributed by atoms with Crippen LogP contribution in [0.25, 0.3) is 0 Å². The molecule has 20 heavy (non-hydrogen) atoms. The van der Waals surface area contributed by atoms with E-state index in [1.807, 2.05) is 0 Å². The Labute approximate surface area is 124 Å². The van der Waals surface area contributed by atoms with Crippen LogP contribution in [0.4, 0.5) is 5.69 Å². The average molecular weight is 343 g/mol. The minimum absolute atomic E-state index is 0.221. The van der Waals surface area contributed by atoms with E-state index >= 15 is 0 Å². The highest BCUT2D eigenvalue weighted by Crippen LogP contribution is 2.20. The van der Waals surface area contributed by atoms with Crippen molar-refractivity contribution in [3.05, 3.63) is 28.2 Å². The number of hydrogen-bond donors (Lipinski definition) is 1. The summed E-state index contributed by atoms with van der Waals surface area (Å²) in [6.45, 7) is 1.80. The van der Waals surface area contributed by atoms with Gasteiger partial charge >= 0.3 is 5.97 Å². The number of hydrogen-bond acceptors (Lipinski definition) is 5. The zero-order valence-corrected chi connectivity index (χ0v) is 12.4. The van der Waals surface area contributed by atoms with E-state index < -0.39 is 5.97 Å². The first-order valence-electron chi connectivity index (χ1n) is 6.15. The van der Waals surface area contributed by atoms with Gasteiger partial charge in [0.15, 0.2) is 6.61 Å². The van der Waals surface area contributed by atoms with E-state index in [1.54, 1.807) is 17.0 Å². The highest BCUT2D eigenvalue weighted by Gasteiger charge is 2.19. The van der Waals surface area contributed by atoms with Gasteiger partial charge in [0.25, 0.3) is 5.91 Å². The van der Waals surface area contributed by atoms with Crippen LogP contribution in [0.2, 0.25) is 0 Å². The van der Waals surface area contributed by atoms with Gasteiger partial charge in [-0.25, -0.2) is 4.79 Å². The monoisotopic (exact) mass is 342 g/mol. The zero-order valence-electron chi connectivity index (χ0n) is 10.8. The van der Waals surface area contributed by atoms with Gasteiger partial charge < -0.3 is 20.1 Å². The lowest BCUT2D eigenvalue weighted by Gasteiger charge is -2.26. The Morgan fingerprint density at radius 2 is 2.05 bits per heavy atom. The van der Waals surface area contributed by atoms with Crippen LogP contribution in [-0.4, -0.2) is 49.7 Å². The minimum atomic E-state index is -0.578. The van der Waals surface area contributed by atoms with E-state index in [4.69, 9.17) is 15.2 Å². The second-order valence-electron chi connectivity index (χ2n) is 4.31. The third kappa shape index (κ3) is 3.71. The van der Waals surface area contributed by atoms with E-state index in [-0.39, 0.29) is 12.5 Å². The molecule has 2 N–H and O–H groups in total. The Morgan fingerprint density at radius 3 is 2.75 bits per heavy atom. The number of morpholine rings is 1. The Kier molecular flexibility index (Phi) is 4.97. The molecule has 1 heterocycles. The van der Waals surface area contributed by atoms with E-state index in [0.717, 1.165) is 0 Å². The van der Waals surface area contributed by atoms with E-state index in [1.165, 1.54) is 6.07 Å². The molecular weight excluding hydrogens is 328 g/mol. The molecule has 0 unspecified atom stereocenters. The number of carbonyl (C=O) groups excluding carboxylic acids is 2. The molecule has 1 aliphatic rings. The summed E-state index contributed by atoms with van der Waals surface area (Å²) in [5, 5.41) is 0. The molecule has 6 nitrogen and oxygen atoms in total. The number of ether oxygens (including phenoxy) is 2. The van der Waals surface area contributed by atoms with Crippen molar-refractivity contribution in [1.82, 2.24) is 4.90 Å². The quantitative estimate of drug-likeness (QED) is 0.655. The van der Waals surface area contributed by atoms with Gasteiger partial charge in [0, 0.05) is 23.2 Å². The molecule has 0 saturated carbocycles. The van der Waals surface area contributed by atoms with E-state index in [9.17, 15) is 9.59 Å². The maximum absolute atomic E-state index is 11.9. The molecule has 0 atom stereocenters. The van der Waals surface area contributed by atoms with Gasteiger partial charge in [-0.3, -0.25) is 4.79 Å². The summed E-state index contributed by atoms with van der Waals surface area (Å²) in [7, 11) is 0. The number of nitrogens with two attached hydrogens (primary N) is 1. The number of nitrogens with zero attached hydrogens (tertiary/aromatic N) is 1. The predicted molar refractivity (Wildman–Crippen MR) is 76.2 cm³/mol. The normalized spacial score (nSPS) is 14.9. The van der Waals surface area contributed by atoms with Crippen molar-refractivity contribution >= 4 is 33.5 Å². The van der Waals surface area contributed by atoms with Crippen LogP contribution in [0.5, 0.6) is 0 Å². The van der Waals surface area contributed by atoms with Gasteiger partial charge in [0.05, 0.1) is 18.8 Å². The number of benzene rings is 1. The van der Waals surface area contributed by atoms with Crippen molar-refractivity contribution in [2.45, 2.75) is 0 Å². The molecule has 0 bridgehead atoms. The predicted octanol–water partition coefficient (Wildman–Crippen LogP) is 1.05. The molecule has 2 rings (SSSR count). The van der Waals surface area contributed by atoms with Crippen LogP contribution in [-0.2, 0) is 14.3 Å². The largest absolute Gasteiger partial charge is 0.452 e. The molecule has 0 aliphatic carbocycles. The minimum Gasteiger partial charge on any atom is -0.452 e. The maximum Gasteiger partial charge on any atom is 0.339 e. The lowest BCUT2D eigenvalue weighted by Crippen LogP contribution is -2.42. The summed E-state index contributed by atoms with van der Waals surface area (Å²) in [6.07, 6.45) is 0. The topological polar surface area (TPSA) is 81.9 Å². The fraction of sp³-hybridized carbons (Fsp3) is 0.385. The highest BCUT2D eigenvalue weighted by molar-refractivity contribution is 9.10. The Morgan fingerprint density at radius 1 is 1.35 bits per heavy atom. The van der Waals surface area contributed by atoms with Gasteiger partial charge in [-0.1, -0.05) is 0 Å². The highest BCUT2D eigenvalue weighted by atomic mass is 79.9. The Hall–Kier alpha value is -1.60. The molecule has 1 amide bonds. The van der Waals surface area contributed by atoms with Gasteiger partial charge in [0.1, 0.15) is 0 Å². The molecule has 7 heteroatoms.